The molecule has 4 aliphatic carbocycles. The monoisotopic (exact) mass is 386 g/mol. The van der Waals surface area contributed by atoms with Gasteiger partial charge in [-0.3, -0.25) is 0 Å². The van der Waals surface area contributed by atoms with Crippen LogP contribution >= 0.6 is 0 Å². The molecular formula is C23H34N2O3. The molecule has 0 aromatic heterocycles. The third-order valence-corrected chi connectivity index (χ3v) is 9.57. The summed E-state index contributed by atoms with van der Waals surface area (Å²) in [4.78, 5) is 19.0. The molecule has 0 bridgehead atoms. The molecule has 154 valence electrons. The molecule has 5 nitrogen and oxygen atoms in total. The fourth-order valence-corrected chi connectivity index (χ4v) is 8.58. The number of carbonyl (C=O) groups excluding carboxylic acids is 1. The minimum absolute atomic E-state index is 0.273. The molecule has 0 aromatic carbocycles. The highest BCUT2D eigenvalue weighted by Crippen LogP contribution is 2.55. The van der Waals surface area contributed by atoms with Crippen LogP contribution in [0.25, 0.3) is 0 Å². The van der Waals surface area contributed by atoms with Crippen LogP contribution in [0.4, 0.5) is 4.79 Å². The standard InChI is InChI=1S/C23H34N2O3/c26-23-24-14-5-1-3-7-16(14)27-18-11-9-13-10-12-19-22(20(13)21(18)24)25(23)15-6-2-4-8-17(15)28-19/h13-22H,1-12H2. The Bertz CT molecular complexity index is 618. The van der Waals surface area contributed by atoms with Gasteiger partial charge in [0.1, 0.15) is 0 Å². The normalized spacial score (nSPS) is 54.5. The molecular weight excluding hydrogens is 352 g/mol. The Hall–Kier alpha value is -0.810. The summed E-state index contributed by atoms with van der Waals surface area (Å²) < 4.78 is 13.4. The first-order valence-electron chi connectivity index (χ1n) is 12.2. The first-order chi connectivity index (χ1) is 13.8. The second-order valence-corrected chi connectivity index (χ2v) is 10.7. The van der Waals surface area contributed by atoms with Gasteiger partial charge in [0.15, 0.2) is 0 Å². The maximum absolute atomic E-state index is 14.2. The lowest BCUT2D eigenvalue weighted by molar-refractivity contribution is -0.254. The molecule has 7 aliphatic rings. The predicted octanol–water partition coefficient (Wildman–Crippen LogP) is 3.70. The largest absolute Gasteiger partial charge is 0.371 e. The number of ether oxygens (including phenoxy) is 2. The number of morpholine rings is 2. The number of carbonyl (C=O) groups is 1. The van der Waals surface area contributed by atoms with E-state index in [1.54, 1.807) is 0 Å². The van der Waals surface area contributed by atoms with Crippen molar-refractivity contribution in [1.82, 2.24) is 9.80 Å². The summed E-state index contributed by atoms with van der Waals surface area (Å²) in [5, 5.41) is 0. The number of rotatable bonds is 0. The van der Waals surface area contributed by atoms with Gasteiger partial charge in [-0.1, -0.05) is 25.7 Å². The summed E-state index contributed by atoms with van der Waals surface area (Å²) >= 11 is 0. The van der Waals surface area contributed by atoms with E-state index in [1.807, 2.05) is 0 Å². The number of nitrogens with zero attached hydrogens (tertiary/aromatic N) is 2. The lowest BCUT2D eigenvalue weighted by Crippen LogP contribution is -2.81. The van der Waals surface area contributed by atoms with Gasteiger partial charge < -0.3 is 19.3 Å². The molecule has 0 spiro atoms. The highest BCUT2D eigenvalue weighted by molar-refractivity contribution is 5.78. The van der Waals surface area contributed by atoms with Crippen LogP contribution in [0.15, 0.2) is 0 Å². The third kappa shape index (κ3) is 2.13. The summed E-state index contributed by atoms with van der Waals surface area (Å²) in [6, 6.07) is 1.65. The zero-order valence-electron chi connectivity index (χ0n) is 16.9. The second-order valence-electron chi connectivity index (χ2n) is 10.7. The minimum atomic E-state index is 0.273. The van der Waals surface area contributed by atoms with Crippen LogP contribution < -0.4 is 0 Å². The van der Waals surface area contributed by atoms with Crippen molar-refractivity contribution in [2.45, 2.75) is 126 Å². The van der Waals surface area contributed by atoms with Gasteiger partial charge in [0.05, 0.1) is 48.6 Å². The Balaban J connectivity index is 1.34. The molecule has 8 unspecified atom stereocenters. The van der Waals surface area contributed by atoms with E-state index in [1.165, 1.54) is 38.5 Å². The highest BCUT2D eigenvalue weighted by Gasteiger charge is 2.65. The van der Waals surface area contributed by atoms with Gasteiger partial charge in [-0.25, -0.2) is 4.79 Å². The Labute approximate surface area is 168 Å². The molecule has 3 aliphatic heterocycles. The van der Waals surface area contributed by atoms with E-state index < -0.39 is 0 Å². The summed E-state index contributed by atoms with van der Waals surface area (Å²) in [7, 11) is 0. The second kappa shape index (κ2) is 6.10. The zero-order valence-corrected chi connectivity index (χ0v) is 16.9. The number of hydrogen-bond acceptors (Lipinski definition) is 3. The molecule has 28 heavy (non-hydrogen) atoms. The van der Waals surface area contributed by atoms with E-state index >= 15 is 0 Å². The van der Waals surface area contributed by atoms with Crippen LogP contribution in [0.1, 0.15) is 77.0 Å². The van der Waals surface area contributed by atoms with E-state index in [2.05, 4.69) is 9.80 Å². The third-order valence-electron chi connectivity index (χ3n) is 9.57. The molecule has 7 fully saturated rings. The number of urea groups is 1. The fourth-order valence-electron chi connectivity index (χ4n) is 8.58. The molecule has 0 N–H and O–H groups in total. The Morgan fingerprint density at radius 3 is 1.64 bits per heavy atom. The van der Waals surface area contributed by atoms with E-state index in [0.29, 0.717) is 36.1 Å². The lowest BCUT2D eigenvalue weighted by atomic mass is 9.60. The van der Waals surface area contributed by atoms with Gasteiger partial charge in [-0.05, 0) is 57.3 Å². The topological polar surface area (TPSA) is 42.0 Å². The molecule has 3 heterocycles. The van der Waals surface area contributed by atoms with E-state index in [4.69, 9.17) is 9.47 Å². The molecule has 4 saturated carbocycles. The van der Waals surface area contributed by atoms with E-state index in [-0.39, 0.29) is 24.4 Å². The van der Waals surface area contributed by atoms with Gasteiger partial charge in [-0.2, -0.15) is 0 Å². The Kier molecular flexibility index (Phi) is 3.69. The van der Waals surface area contributed by atoms with Crippen LogP contribution in [0.5, 0.6) is 0 Å². The van der Waals surface area contributed by atoms with E-state index in [0.717, 1.165) is 44.4 Å². The minimum Gasteiger partial charge on any atom is -0.371 e. The molecule has 0 aromatic rings. The summed E-state index contributed by atoms with van der Waals surface area (Å²) in [6.45, 7) is 0. The molecule has 7 rings (SSSR count). The van der Waals surface area contributed by atoms with Gasteiger partial charge in [-0.15, -0.1) is 0 Å². The summed E-state index contributed by atoms with van der Waals surface area (Å²) in [5.74, 6) is 1.33. The van der Waals surface area contributed by atoms with Crippen LogP contribution in [-0.4, -0.2) is 64.4 Å². The van der Waals surface area contributed by atoms with Crippen LogP contribution in [0.2, 0.25) is 0 Å². The fraction of sp³-hybridized carbons (Fsp3) is 0.957. The maximum Gasteiger partial charge on any atom is 0.321 e. The highest BCUT2D eigenvalue weighted by atomic mass is 16.5. The quantitative estimate of drug-likeness (QED) is 0.637. The molecule has 0 radical (unpaired) electrons. The van der Waals surface area contributed by atoms with Crippen LogP contribution in [0.3, 0.4) is 0 Å². The van der Waals surface area contributed by atoms with Gasteiger partial charge in [0.25, 0.3) is 0 Å². The summed E-state index contributed by atoms with van der Waals surface area (Å²) in [5.41, 5.74) is 0. The molecule has 5 heteroatoms. The average Bonchev–Trinajstić information content (AvgIpc) is 2.74. The van der Waals surface area contributed by atoms with Crippen LogP contribution in [0, 0.1) is 11.8 Å². The Morgan fingerprint density at radius 1 is 0.607 bits per heavy atom. The van der Waals surface area contributed by atoms with Crippen molar-refractivity contribution >= 4 is 6.03 Å². The predicted molar refractivity (Wildman–Crippen MR) is 104 cm³/mol. The number of hydrogen-bond donors (Lipinski definition) is 0. The van der Waals surface area contributed by atoms with Gasteiger partial charge in [0, 0.05) is 5.92 Å². The molecule has 3 saturated heterocycles. The first-order valence-corrected chi connectivity index (χ1v) is 12.2. The van der Waals surface area contributed by atoms with Crippen molar-refractivity contribution in [2.24, 2.45) is 11.8 Å². The van der Waals surface area contributed by atoms with Crippen molar-refractivity contribution in [3.05, 3.63) is 0 Å². The molecule has 8 atom stereocenters. The summed E-state index contributed by atoms with van der Waals surface area (Å²) in [6.07, 6.45) is 15.6. The van der Waals surface area contributed by atoms with Crippen molar-refractivity contribution in [3.8, 4) is 0 Å². The molecule has 2 amide bonds. The smallest absolute Gasteiger partial charge is 0.321 e. The lowest BCUT2D eigenvalue weighted by Gasteiger charge is -2.68. The number of amides is 2. The van der Waals surface area contributed by atoms with Gasteiger partial charge >= 0.3 is 6.03 Å². The van der Waals surface area contributed by atoms with Crippen LogP contribution in [-0.2, 0) is 9.47 Å². The van der Waals surface area contributed by atoms with Crippen molar-refractivity contribution in [3.63, 3.8) is 0 Å². The Morgan fingerprint density at radius 2 is 1.11 bits per heavy atom. The van der Waals surface area contributed by atoms with Crippen molar-refractivity contribution < 1.29 is 14.3 Å². The van der Waals surface area contributed by atoms with Crippen molar-refractivity contribution in [2.75, 3.05) is 0 Å². The SMILES string of the molecule is O=C1N2C3CCCCC3OC3CCC4CCC5OC6CCCCC6N1C5C4C32. The van der Waals surface area contributed by atoms with E-state index in [9.17, 15) is 4.79 Å². The number of fused-ring (bicyclic) bond motifs is 4. The van der Waals surface area contributed by atoms with Gasteiger partial charge in [0.2, 0.25) is 0 Å². The zero-order chi connectivity index (χ0) is 18.4. The van der Waals surface area contributed by atoms with Crippen molar-refractivity contribution in [1.29, 1.82) is 0 Å². The first kappa shape index (κ1) is 16.9. The maximum atomic E-state index is 14.2. The average molecular weight is 387 g/mol.